The van der Waals surface area contributed by atoms with Crippen molar-refractivity contribution in [1.29, 1.82) is 0 Å². The molecule has 1 atom stereocenters. The average Bonchev–Trinajstić information content (AvgIpc) is 2.86. The van der Waals surface area contributed by atoms with Gasteiger partial charge in [-0.05, 0) is 84.4 Å². The zero-order valence-corrected chi connectivity index (χ0v) is 20.9. The van der Waals surface area contributed by atoms with Gasteiger partial charge in [-0.2, -0.15) is 0 Å². The van der Waals surface area contributed by atoms with Crippen molar-refractivity contribution in [2.24, 2.45) is 0 Å². The minimum absolute atomic E-state index is 0.134. The van der Waals surface area contributed by atoms with Crippen molar-refractivity contribution in [3.63, 3.8) is 0 Å². The molecule has 0 saturated carbocycles. The second kappa shape index (κ2) is 10.8. The third-order valence-corrected chi connectivity index (χ3v) is 6.38. The van der Waals surface area contributed by atoms with E-state index in [1.807, 2.05) is 60.7 Å². The number of thiocarbonyl (C=S) groups is 1. The predicted molar refractivity (Wildman–Crippen MR) is 139 cm³/mol. The topological polar surface area (TPSA) is 52.2 Å². The van der Waals surface area contributed by atoms with Crippen molar-refractivity contribution in [2.75, 3.05) is 39.8 Å². The SMILES string of the molecule is COc1ccc(OC[C@H]2c3cc(OC)c(OC)cc3CCN2C(=S)Nc2cccc(Cl)c2)cc1. The highest BCUT2D eigenvalue weighted by molar-refractivity contribution is 7.80. The summed E-state index contributed by atoms with van der Waals surface area (Å²) in [4.78, 5) is 2.15. The Morgan fingerprint density at radius 3 is 2.35 bits per heavy atom. The summed E-state index contributed by atoms with van der Waals surface area (Å²) in [6.07, 6.45) is 0.812. The smallest absolute Gasteiger partial charge is 0.174 e. The van der Waals surface area contributed by atoms with Crippen LogP contribution in [0.15, 0.2) is 60.7 Å². The molecule has 0 aromatic heterocycles. The molecule has 8 heteroatoms. The molecule has 4 rings (SSSR count). The highest BCUT2D eigenvalue weighted by Crippen LogP contribution is 2.39. The number of ether oxygens (including phenoxy) is 4. The largest absolute Gasteiger partial charge is 0.497 e. The molecule has 0 unspecified atom stereocenters. The van der Waals surface area contributed by atoms with Crippen LogP contribution in [0.3, 0.4) is 0 Å². The Hall–Kier alpha value is -3.16. The van der Waals surface area contributed by atoms with Gasteiger partial charge in [0, 0.05) is 17.3 Å². The summed E-state index contributed by atoms with van der Waals surface area (Å²) in [6.45, 7) is 1.12. The van der Waals surface area contributed by atoms with Crippen LogP contribution in [0.1, 0.15) is 17.2 Å². The molecule has 0 saturated heterocycles. The molecular formula is C26H27ClN2O4S. The van der Waals surface area contributed by atoms with E-state index >= 15 is 0 Å². The molecule has 0 radical (unpaired) electrons. The monoisotopic (exact) mass is 498 g/mol. The first-order valence-electron chi connectivity index (χ1n) is 10.9. The van der Waals surface area contributed by atoms with Crippen molar-refractivity contribution < 1.29 is 18.9 Å². The molecule has 3 aromatic carbocycles. The Morgan fingerprint density at radius 2 is 1.68 bits per heavy atom. The lowest BCUT2D eigenvalue weighted by Gasteiger charge is -2.39. The van der Waals surface area contributed by atoms with Gasteiger partial charge in [0.1, 0.15) is 18.1 Å². The minimum Gasteiger partial charge on any atom is -0.497 e. The lowest BCUT2D eigenvalue weighted by Crippen LogP contribution is -2.44. The number of nitrogens with zero attached hydrogens (tertiary/aromatic N) is 1. The third-order valence-electron chi connectivity index (χ3n) is 5.81. The normalized spacial score (nSPS) is 14.7. The minimum atomic E-state index is -0.134. The van der Waals surface area contributed by atoms with E-state index in [0.717, 1.165) is 35.7 Å². The van der Waals surface area contributed by atoms with Crippen LogP contribution in [0.5, 0.6) is 23.0 Å². The number of halogens is 1. The van der Waals surface area contributed by atoms with Crippen LogP contribution in [0.25, 0.3) is 0 Å². The fourth-order valence-electron chi connectivity index (χ4n) is 4.06. The maximum absolute atomic E-state index is 6.20. The van der Waals surface area contributed by atoms with Crippen LogP contribution >= 0.6 is 23.8 Å². The first-order valence-corrected chi connectivity index (χ1v) is 11.7. The molecular weight excluding hydrogens is 472 g/mol. The van der Waals surface area contributed by atoms with Crippen LogP contribution in [0, 0.1) is 0 Å². The molecule has 178 valence electrons. The summed E-state index contributed by atoms with van der Waals surface area (Å²) in [5.74, 6) is 2.92. The summed E-state index contributed by atoms with van der Waals surface area (Å²) < 4.78 is 22.6. The highest BCUT2D eigenvalue weighted by atomic mass is 35.5. The van der Waals surface area contributed by atoms with Crippen LogP contribution in [-0.2, 0) is 6.42 Å². The standard InChI is InChI=1S/C26H27ClN2O4S/c1-30-20-7-9-21(10-8-20)33-16-23-22-15-25(32-3)24(31-2)13-17(22)11-12-29(23)26(34)28-19-6-4-5-18(27)14-19/h4-10,13-15,23H,11-12,16H2,1-3H3,(H,28,34)/t23-/m0/s1. The number of hydrogen-bond donors (Lipinski definition) is 1. The van der Waals surface area contributed by atoms with Crippen LogP contribution in [0.4, 0.5) is 5.69 Å². The first-order chi connectivity index (χ1) is 16.5. The van der Waals surface area contributed by atoms with Gasteiger partial charge < -0.3 is 29.2 Å². The summed E-state index contributed by atoms with van der Waals surface area (Å²) in [5, 5.41) is 4.57. The average molecular weight is 499 g/mol. The van der Waals surface area contributed by atoms with Gasteiger partial charge in [0.2, 0.25) is 0 Å². The van der Waals surface area contributed by atoms with Gasteiger partial charge in [0.25, 0.3) is 0 Å². The van der Waals surface area contributed by atoms with Gasteiger partial charge in [0.15, 0.2) is 16.6 Å². The maximum atomic E-state index is 6.20. The van der Waals surface area contributed by atoms with Crippen molar-refractivity contribution >= 4 is 34.6 Å². The zero-order chi connectivity index (χ0) is 24.1. The lowest BCUT2D eigenvalue weighted by molar-refractivity contribution is 0.190. The number of fused-ring (bicyclic) bond motifs is 1. The molecule has 1 heterocycles. The zero-order valence-electron chi connectivity index (χ0n) is 19.3. The Labute approximate surface area is 210 Å². The van der Waals surface area contributed by atoms with Crippen molar-refractivity contribution in [3.05, 3.63) is 76.8 Å². The summed E-state index contributed by atoms with van der Waals surface area (Å²) >= 11 is 12.0. The Bertz CT molecular complexity index is 1160. The molecule has 0 spiro atoms. The molecule has 6 nitrogen and oxygen atoms in total. The lowest BCUT2D eigenvalue weighted by atomic mass is 9.92. The first kappa shape index (κ1) is 24.0. The summed E-state index contributed by atoms with van der Waals surface area (Å²) in [6, 6.07) is 19.0. The number of anilines is 1. The van der Waals surface area contributed by atoms with Crippen LogP contribution in [-0.4, -0.2) is 44.5 Å². The van der Waals surface area contributed by atoms with E-state index in [1.54, 1.807) is 21.3 Å². The molecule has 0 fully saturated rings. The second-order valence-electron chi connectivity index (χ2n) is 7.79. The van der Waals surface area contributed by atoms with Crippen molar-refractivity contribution in [3.8, 4) is 23.0 Å². The molecule has 1 aliphatic rings. The van der Waals surface area contributed by atoms with E-state index in [-0.39, 0.29) is 6.04 Å². The van der Waals surface area contributed by atoms with Crippen LogP contribution in [0.2, 0.25) is 5.02 Å². The predicted octanol–water partition coefficient (Wildman–Crippen LogP) is 5.74. The van der Waals surface area contributed by atoms with Gasteiger partial charge in [-0.15, -0.1) is 0 Å². The fourth-order valence-corrected chi connectivity index (χ4v) is 4.59. The molecule has 0 bridgehead atoms. The van der Waals surface area contributed by atoms with Gasteiger partial charge in [0.05, 0.1) is 27.4 Å². The quantitative estimate of drug-likeness (QED) is 0.417. The van der Waals surface area contributed by atoms with E-state index in [9.17, 15) is 0 Å². The number of rotatable bonds is 7. The van der Waals surface area contributed by atoms with E-state index < -0.39 is 0 Å². The Kier molecular flexibility index (Phi) is 7.65. The number of methoxy groups -OCH3 is 3. The summed E-state index contributed by atoms with van der Waals surface area (Å²) in [7, 11) is 4.93. The Morgan fingerprint density at radius 1 is 0.971 bits per heavy atom. The highest BCUT2D eigenvalue weighted by Gasteiger charge is 2.31. The van der Waals surface area contributed by atoms with Gasteiger partial charge >= 0.3 is 0 Å². The van der Waals surface area contributed by atoms with Crippen LogP contribution < -0.4 is 24.3 Å². The third kappa shape index (κ3) is 5.32. The van der Waals surface area contributed by atoms with Gasteiger partial charge in [-0.1, -0.05) is 17.7 Å². The number of nitrogens with one attached hydrogen (secondary N) is 1. The summed E-state index contributed by atoms with van der Waals surface area (Å²) in [5.41, 5.74) is 3.11. The molecule has 3 aromatic rings. The van der Waals surface area contributed by atoms with Gasteiger partial charge in [-0.3, -0.25) is 0 Å². The van der Waals surface area contributed by atoms with E-state index in [1.165, 1.54) is 5.56 Å². The Balaban J connectivity index is 1.63. The maximum Gasteiger partial charge on any atom is 0.174 e. The fraction of sp³-hybridized carbons (Fsp3) is 0.269. The molecule has 0 aliphatic carbocycles. The molecule has 1 N–H and O–H groups in total. The van der Waals surface area contributed by atoms with Gasteiger partial charge in [-0.25, -0.2) is 0 Å². The van der Waals surface area contributed by atoms with Crippen molar-refractivity contribution in [1.82, 2.24) is 4.90 Å². The second-order valence-corrected chi connectivity index (χ2v) is 8.62. The van der Waals surface area contributed by atoms with E-state index in [4.69, 9.17) is 42.8 Å². The molecule has 34 heavy (non-hydrogen) atoms. The molecule has 0 amide bonds. The number of hydrogen-bond acceptors (Lipinski definition) is 5. The van der Waals surface area contributed by atoms with E-state index in [2.05, 4.69) is 10.2 Å². The van der Waals surface area contributed by atoms with E-state index in [0.29, 0.717) is 28.2 Å². The van der Waals surface area contributed by atoms with Crippen molar-refractivity contribution in [2.45, 2.75) is 12.5 Å². The number of benzene rings is 3. The molecule has 1 aliphatic heterocycles.